The molecule has 0 N–H and O–H groups in total. The van der Waals surface area contributed by atoms with Crippen molar-refractivity contribution in [1.82, 2.24) is 9.47 Å². The number of rotatable bonds is 1. The van der Waals surface area contributed by atoms with E-state index < -0.39 is 0 Å². The van der Waals surface area contributed by atoms with Crippen LogP contribution in [0.3, 0.4) is 0 Å². The van der Waals surface area contributed by atoms with E-state index >= 15 is 0 Å². The summed E-state index contributed by atoms with van der Waals surface area (Å²) in [6, 6.07) is 13.4. The van der Waals surface area contributed by atoms with Gasteiger partial charge in [-0.05, 0) is 60.5 Å². The van der Waals surface area contributed by atoms with Crippen LogP contribution in [-0.2, 0) is 12.5 Å². The average molecular weight is 445 g/mol. The quantitative estimate of drug-likeness (QED) is 0.560. The van der Waals surface area contributed by atoms with Crippen LogP contribution in [0.1, 0.15) is 60.3 Å². The van der Waals surface area contributed by atoms with Crippen molar-refractivity contribution in [3.05, 3.63) is 69.6 Å². The molecule has 3 aromatic rings. The Morgan fingerprint density at radius 3 is 2.48 bits per heavy atom. The molecule has 1 amide bonds. The van der Waals surface area contributed by atoms with Crippen molar-refractivity contribution in [3.63, 3.8) is 0 Å². The lowest BCUT2D eigenvalue weighted by molar-refractivity contribution is 0.0582. The lowest BCUT2D eigenvalue weighted by atomic mass is 9.71. The Morgan fingerprint density at radius 2 is 1.73 bits per heavy atom. The summed E-state index contributed by atoms with van der Waals surface area (Å²) in [7, 11) is 1.69. The molecule has 1 aliphatic carbocycles. The van der Waals surface area contributed by atoms with Crippen LogP contribution in [0.5, 0.6) is 11.5 Å². The number of hydrogen-bond donors (Lipinski definition) is 0. The minimum atomic E-state index is -0.142. The Morgan fingerprint density at radius 1 is 1.03 bits per heavy atom. The fraction of sp³-hybridized carbons (Fsp3) is 0.407. The Hall–Kier alpha value is -3.28. The van der Waals surface area contributed by atoms with Crippen LogP contribution in [0.25, 0.3) is 10.8 Å². The van der Waals surface area contributed by atoms with Crippen molar-refractivity contribution in [2.45, 2.75) is 44.1 Å². The van der Waals surface area contributed by atoms with Crippen molar-refractivity contribution < 1.29 is 14.3 Å². The van der Waals surface area contributed by atoms with Gasteiger partial charge in [-0.1, -0.05) is 31.0 Å². The van der Waals surface area contributed by atoms with Gasteiger partial charge in [0.1, 0.15) is 18.9 Å². The number of pyridine rings is 1. The number of carbonyl (C=O) groups excluding carboxylic acids is 1. The first-order chi connectivity index (χ1) is 16.0. The zero-order valence-corrected chi connectivity index (χ0v) is 19.1. The van der Waals surface area contributed by atoms with Crippen molar-refractivity contribution in [2.75, 3.05) is 19.8 Å². The number of benzene rings is 2. The van der Waals surface area contributed by atoms with E-state index in [2.05, 4.69) is 19.1 Å². The van der Waals surface area contributed by atoms with Gasteiger partial charge in [0, 0.05) is 24.4 Å². The molecule has 1 fully saturated rings. The fourth-order valence-corrected chi connectivity index (χ4v) is 6.06. The number of aromatic nitrogens is 1. The maximum Gasteiger partial charge on any atom is 0.271 e. The molecular formula is C27H28N2O4. The van der Waals surface area contributed by atoms with Gasteiger partial charge in [0.25, 0.3) is 11.5 Å². The number of nitrogens with zero attached hydrogens (tertiary/aromatic N) is 2. The van der Waals surface area contributed by atoms with Crippen LogP contribution < -0.4 is 15.0 Å². The molecule has 2 aromatic carbocycles. The molecule has 1 aromatic heterocycles. The molecule has 3 aliphatic rings. The molecule has 0 saturated heterocycles. The zero-order valence-electron chi connectivity index (χ0n) is 19.1. The highest BCUT2D eigenvalue weighted by Crippen LogP contribution is 2.52. The molecule has 1 atom stereocenters. The van der Waals surface area contributed by atoms with Gasteiger partial charge in [0.05, 0.1) is 6.04 Å². The summed E-state index contributed by atoms with van der Waals surface area (Å²) in [5.74, 6) is 1.47. The monoisotopic (exact) mass is 444 g/mol. The topological polar surface area (TPSA) is 60.8 Å². The summed E-state index contributed by atoms with van der Waals surface area (Å²) >= 11 is 0. The lowest BCUT2D eigenvalue weighted by Crippen LogP contribution is -2.49. The first kappa shape index (κ1) is 20.3. The van der Waals surface area contributed by atoms with E-state index in [1.54, 1.807) is 7.05 Å². The molecule has 33 heavy (non-hydrogen) atoms. The standard InChI is InChI=1S/C27H28N2O4/c1-17-20-14-23-24(33-12-11-32-23)15-21(20)27(9-5-6-10-27)16-29(17)26(31)22-13-18-7-3-4-8-19(18)25(30)28(22)2/h3-4,7-8,13-15,17H,5-6,9-12,16H2,1-2H3. The summed E-state index contributed by atoms with van der Waals surface area (Å²) in [5, 5.41) is 1.42. The molecule has 0 radical (unpaired) electrons. The third kappa shape index (κ3) is 3.00. The summed E-state index contributed by atoms with van der Waals surface area (Å²) < 4.78 is 13.3. The molecular weight excluding hydrogens is 416 g/mol. The van der Waals surface area contributed by atoms with Crippen LogP contribution in [0, 0.1) is 0 Å². The Kier molecular flexibility index (Phi) is 4.54. The van der Waals surface area contributed by atoms with Crippen molar-refractivity contribution in [2.24, 2.45) is 7.05 Å². The number of hydrogen-bond acceptors (Lipinski definition) is 4. The molecule has 0 bridgehead atoms. The van der Waals surface area contributed by atoms with Gasteiger partial charge in [0.2, 0.25) is 0 Å². The second-order valence-electron chi connectivity index (χ2n) is 9.66. The third-order valence-corrected chi connectivity index (χ3v) is 7.87. The minimum Gasteiger partial charge on any atom is -0.486 e. The van der Waals surface area contributed by atoms with Crippen molar-refractivity contribution in [1.29, 1.82) is 0 Å². The summed E-state index contributed by atoms with van der Waals surface area (Å²) in [6.45, 7) is 3.83. The lowest BCUT2D eigenvalue weighted by Gasteiger charge is -2.46. The smallest absolute Gasteiger partial charge is 0.271 e. The van der Waals surface area contributed by atoms with Crippen LogP contribution in [0.15, 0.2) is 47.3 Å². The van der Waals surface area contributed by atoms with E-state index in [9.17, 15) is 9.59 Å². The molecule has 1 saturated carbocycles. The number of ether oxygens (including phenoxy) is 2. The number of carbonyl (C=O) groups is 1. The first-order valence-electron chi connectivity index (χ1n) is 11.8. The van der Waals surface area contributed by atoms with Crippen molar-refractivity contribution in [3.8, 4) is 11.5 Å². The first-order valence-corrected chi connectivity index (χ1v) is 11.8. The number of fused-ring (bicyclic) bond motifs is 4. The summed E-state index contributed by atoms with van der Waals surface area (Å²) in [6.07, 6.45) is 4.40. The van der Waals surface area contributed by atoms with Gasteiger partial charge >= 0.3 is 0 Å². The van der Waals surface area contributed by atoms with E-state index in [0.717, 1.165) is 48.1 Å². The maximum atomic E-state index is 14.0. The molecule has 1 spiro atoms. The van der Waals surface area contributed by atoms with Gasteiger partial charge in [-0.25, -0.2) is 0 Å². The fourth-order valence-electron chi connectivity index (χ4n) is 6.06. The number of amides is 1. The molecule has 6 rings (SSSR count). The summed E-state index contributed by atoms with van der Waals surface area (Å²) in [5.41, 5.74) is 2.64. The second-order valence-corrected chi connectivity index (χ2v) is 9.66. The predicted octanol–water partition coefficient (Wildman–Crippen LogP) is 4.34. The van der Waals surface area contributed by atoms with Gasteiger partial charge in [0.15, 0.2) is 11.5 Å². The zero-order chi connectivity index (χ0) is 22.7. The molecule has 2 aliphatic heterocycles. The molecule has 6 heteroatoms. The van der Waals surface area contributed by atoms with Gasteiger partial charge in [-0.3, -0.25) is 9.59 Å². The largest absolute Gasteiger partial charge is 0.486 e. The molecule has 170 valence electrons. The SMILES string of the molecule is CC1c2cc3c(cc2C2(CCCC2)CN1C(=O)c1cc2ccccc2c(=O)n1C)OCCO3. The van der Waals surface area contributed by atoms with E-state index in [0.29, 0.717) is 30.8 Å². The van der Waals surface area contributed by atoms with E-state index in [-0.39, 0.29) is 22.9 Å². The molecule has 1 unspecified atom stereocenters. The molecule has 3 heterocycles. The Balaban J connectivity index is 1.48. The molecule has 6 nitrogen and oxygen atoms in total. The van der Waals surface area contributed by atoms with Gasteiger partial charge in [-0.15, -0.1) is 0 Å². The highest BCUT2D eigenvalue weighted by molar-refractivity contribution is 5.97. The highest BCUT2D eigenvalue weighted by atomic mass is 16.6. The Labute approximate surface area is 192 Å². The maximum absolute atomic E-state index is 14.0. The minimum absolute atomic E-state index is 0.0803. The van der Waals surface area contributed by atoms with Crippen LogP contribution in [0.4, 0.5) is 0 Å². The third-order valence-electron chi connectivity index (χ3n) is 7.87. The van der Waals surface area contributed by atoms with Gasteiger partial charge < -0.3 is 18.9 Å². The van der Waals surface area contributed by atoms with E-state index in [1.165, 1.54) is 10.1 Å². The van der Waals surface area contributed by atoms with Gasteiger partial charge in [-0.2, -0.15) is 0 Å². The highest BCUT2D eigenvalue weighted by Gasteiger charge is 2.46. The predicted molar refractivity (Wildman–Crippen MR) is 126 cm³/mol. The second kappa shape index (κ2) is 7.37. The normalized spacial score (nSPS) is 20.8. The van der Waals surface area contributed by atoms with Crippen LogP contribution >= 0.6 is 0 Å². The Bertz CT molecular complexity index is 1340. The summed E-state index contributed by atoms with van der Waals surface area (Å²) in [4.78, 5) is 28.9. The van der Waals surface area contributed by atoms with E-state index in [4.69, 9.17) is 9.47 Å². The van der Waals surface area contributed by atoms with Crippen LogP contribution in [0.2, 0.25) is 0 Å². The van der Waals surface area contributed by atoms with Crippen molar-refractivity contribution >= 4 is 16.7 Å². The average Bonchev–Trinajstić information content (AvgIpc) is 3.32. The van der Waals surface area contributed by atoms with Crippen LogP contribution in [-0.4, -0.2) is 35.1 Å². The van der Waals surface area contributed by atoms with E-state index in [1.807, 2.05) is 35.2 Å².